The molecule has 1 aromatic rings. The summed E-state index contributed by atoms with van der Waals surface area (Å²) in [5.41, 5.74) is 1.04. The summed E-state index contributed by atoms with van der Waals surface area (Å²) in [7, 11) is 3.42. The first-order chi connectivity index (χ1) is 7.61. The number of carbonyl (C=O) groups excluding carboxylic acids is 1. The van der Waals surface area contributed by atoms with E-state index < -0.39 is 0 Å². The molecule has 90 valence electrons. The molecule has 0 bridgehead atoms. The van der Waals surface area contributed by atoms with Crippen molar-refractivity contribution in [1.82, 2.24) is 4.90 Å². The predicted octanol–water partition coefficient (Wildman–Crippen LogP) is 2.49. The Balaban J connectivity index is 0.00000106. The average molecular weight is 223 g/mol. The van der Waals surface area contributed by atoms with Crippen LogP contribution in [-0.4, -0.2) is 31.5 Å². The van der Waals surface area contributed by atoms with E-state index >= 15 is 0 Å². The molecule has 0 atom stereocenters. The third-order valence-electron chi connectivity index (χ3n) is 1.94. The molecule has 0 radical (unpaired) electrons. The lowest BCUT2D eigenvalue weighted by Gasteiger charge is -2.12. The number of para-hydroxylation sites is 1. The zero-order valence-corrected chi connectivity index (χ0v) is 10.8. The Morgan fingerprint density at radius 1 is 1.25 bits per heavy atom. The van der Waals surface area contributed by atoms with Crippen molar-refractivity contribution in [1.29, 1.82) is 0 Å². The Bertz CT molecular complexity index is 321. The number of ether oxygens (including phenoxy) is 1. The van der Waals surface area contributed by atoms with Crippen LogP contribution in [0.1, 0.15) is 19.4 Å². The van der Waals surface area contributed by atoms with E-state index in [2.05, 4.69) is 0 Å². The molecule has 1 amide bonds. The van der Waals surface area contributed by atoms with Gasteiger partial charge in [0.1, 0.15) is 5.75 Å². The van der Waals surface area contributed by atoms with Crippen LogP contribution in [-0.2, 0) is 4.79 Å². The molecule has 0 unspecified atom stereocenters. The lowest BCUT2D eigenvalue weighted by Crippen LogP contribution is -2.27. The maximum Gasteiger partial charge on any atom is 0.259 e. The van der Waals surface area contributed by atoms with Crippen LogP contribution in [0.3, 0.4) is 0 Å². The molecule has 1 rings (SSSR count). The molecule has 16 heavy (non-hydrogen) atoms. The smallest absolute Gasteiger partial charge is 0.259 e. The highest BCUT2D eigenvalue weighted by Gasteiger charge is 2.05. The number of likely N-dealkylation sites (N-methyl/N-ethyl adjacent to an activating group) is 1. The van der Waals surface area contributed by atoms with Crippen molar-refractivity contribution in [3.63, 3.8) is 0 Å². The molecule has 0 N–H and O–H groups in total. The Hall–Kier alpha value is -1.51. The highest BCUT2D eigenvalue weighted by molar-refractivity contribution is 5.77. The molecule has 0 heterocycles. The van der Waals surface area contributed by atoms with E-state index in [9.17, 15) is 4.79 Å². The van der Waals surface area contributed by atoms with Crippen molar-refractivity contribution in [2.24, 2.45) is 0 Å². The molecule has 3 nitrogen and oxygen atoms in total. The SMILES string of the molecule is CC.Cc1ccccc1OCC(=O)N(C)C. The molecule has 0 saturated heterocycles. The Kier molecular flexibility index (Phi) is 7.01. The fraction of sp³-hybridized carbons (Fsp3) is 0.462. The number of aryl methyl sites for hydroxylation is 1. The Labute approximate surface area is 98.0 Å². The molecule has 0 fully saturated rings. The van der Waals surface area contributed by atoms with Crippen LogP contribution in [0.25, 0.3) is 0 Å². The standard InChI is InChI=1S/C11H15NO2.C2H6/c1-9-6-4-5-7-10(9)14-8-11(13)12(2)3;1-2/h4-7H,8H2,1-3H3;1-2H3. The van der Waals surface area contributed by atoms with Crippen molar-refractivity contribution in [2.45, 2.75) is 20.8 Å². The zero-order valence-electron chi connectivity index (χ0n) is 10.8. The first-order valence-corrected chi connectivity index (χ1v) is 5.50. The summed E-state index contributed by atoms with van der Waals surface area (Å²) >= 11 is 0. The van der Waals surface area contributed by atoms with Gasteiger partial charge >= 0.3 is 0 Å². The monoisotopic (exact) mass is 223 g/mol. The molecule has 0 aromatic heterocycles. The summed E-state index contributed by atoms with van der Waals surface area (Å²) in [6, 6.07) is 7.65. The van der Waals surface area contributed by atoms with Gasteiger partial charge in [-0.1, -0.05) is 32.0 Å². The van der Waals surface area contributed by atoms with Gasteiger partial charge in [0.25, 0.3) is 5.91 Å². The van der Waals surface area contributed by atoms with Crippen molar-refractivity contribution in [3.05, 3.63) is 29.8 Å². The molecular weight excluding hydrogens is 202 g/mol. The Morgan fingerprint density at radius 3 is 2.31 bits per heavy atom. The highest BCUT2D eigenvalue weighted by atomic mass is 16.5. The molecule has 0 saturated carbocycles. The van der Waals surface area contributed by atoms with Crippen LogP contribution in [0, 0.1) is 6.92 Å². The fourth-order valence-electron chi connectivity index (χ4n) is 0.987. The molecule has 0 spiro atoms. The molecular formula is C13H21NO2. The molecule has 0 aliphatic carbocycles. The van der Waals surface area contributed by atoms with Crippen LogP contribution in [0.5, 0.6) is 5.75 Å². The van der Waals surface area contributed by atoms with Gasteiger partial charge in [-0.05, 0) is 18.6 Å². The minimum atomic E-state index is -0.0340. The molecule has 0 aliphatic rings. The normalized spacial score (nSPS) is 8.81. The summed E-state index contributed by atoms with van der Waals surface area (Å²) < 4.78 is 5.37. The van der Waals surface area contributed by atoms with Gasteiger partial charge in [0.15, 0.2) is 6.61 Å². The molecule has 0 aliphatic heterocycles. The number of benzene rings is 1. The van der Waals surface area contributed by atoms with Gasteiger partial charge in [0.2, 0.25) is 0 Å². The first-order valence-electron chi connectivity index (χ1n) is 5.50. The van der Waals surface area contributed by atoms with Crippen LogP contribution in [0.15, 0.2) is 24.3 Å². The van der Waals surface area contributed by atoms with Crippen molar-refractivity contribution < 1.29 is 9.53 Å². The van der Waals surface area contributed by atoms with Gasteiger partial charge in [0.05, 0.1) is 0 Å². The lowest BCUT2D eigenvalue weighted by atomic mass is 10.2. The maximum absolute atomic E-state index is 11.2. The zero-order chi connectivity index (χ0) is 12.6. The fourth-order valence-corrected chi connectivity index (χ4v) is 0.987. The minimum Gasteiger partial charge on any atom is -0.484 e. The van der Waals surface area contributed by atoms with E-state index in [1.165, 1.54) is 4.90 Å². The van der Waals surface area contributed by atoms with Crippen molar-refractivity contribution in [3.8, 4) is 5.75 Å². The van der Waals surface area contributed by atoms with E-state index in [1.807, 2.05) is 45.0 Å². The number of carbonyl (C=O) groups is 1. The quantitative estimate of drug-likeness (QED) is 0.788. The van der Waals surface area contributed by atoms with E-state index in [0.717, 1.165) is 11.3 Å². The van der Waals surface area contributed by atoms with Gasteiger partial charge < -0.3 is 9.64 Å². The number of hydrogen-bond donors (Lipinski definition) is 0. The minimum absolute atomic E-state index is 0.0340. The topological polar surface area (TPSA) is 29.5 Å². The summed E-state index contributed by atoms with van der Waals surface area (Å²) in [5, 5.41) is 0. The van der Waals surface area contributed by atoms with Crippen molar-refractivity contribution in [2.75, 3.05) is 20.7 Å². The van der Waals surface area contributed by atoms with Crippen molar-refractivity contribution >= 4 is 5.91 Å². The maximum atomic E-state index is 11.2. The third-order valence-corrected chi connectivity index (χ3v) is 1.94. The largest absolute Gasteiger partial charge is 0.484 e. The van der Waals surface area contributed by atoms with Crippen LogP contribution in [0.2, 0.25) is 0 Å². The second-order valence-electron chi connectivity index (χ2n) is 3.34. The van der Waals surface area contributed by atoms with Crippen LogP contribution < -0.4 is 4.74 Å². The van der Waals surface area contributed by atoms with E-state index in [4.69, 9.17) is 4.74 Å². The average Bonchev–Trinajstić information content (AvgIpc) is 2.30. The second kappa shape index (κ2) is 7.74. The summed E-state index contributed by atoms with van der Waals surface area (Å²) in [6.07, 6.45) is 0. The first kappa shape index (κ1) is 14.5. The number of hydrogen-bond acceptors (Lipinski definition) is 2. The summed E-state index contributed by atoms with van der Waals surface area (Å²) in [5.74, 6) is 0.732. The van der Waals surface area contributed by atoms with Crippen LogP contribution in [0.4, 0.5) is 0 Å². The number of rotatable bonds is 3. The summed E-state index contributed by atoms with van der Waals surface area (Å²) in [4.78, 5) is 12.7. The lowest BCUT2D eigenvalue weighted by molar-refractivity contribution is -0.130. The molecule has 1 aromatic carbocycles. The Morgan fingerprint density at radius 2 is 1.81 bits per heavy atom. The second-order valence-corrected chi connectivity index (χ2v) is 3.34. The van der Waals surface area contributed by atoms with E-state index in [-0.39, 0.29) is 12.5 Å². The van der Waals surface area contributed by atoms with Gasteiger partial charge in [-0.15, -0.1) is 0 Å². The number of amides is 1. The van der Waals surface area contributed by atoms with E-state index in [1.54, 1.807) is 14.1 Å². The van der Waals surface area contributed by atoms with Crippen LogP contribution >= 0.6 is 0 Å². The molecule has 3 heteroatoms. The predicted molar refractivity (Wildman–Crippen MR) is 66.7 cm³/mol. The third kappa shape index (κ3) is 4.82. The van der Waals surface area contributed by atoms with Gasteiger partial charge in [-0.25, -0.2) is 0 Å². The highest BCUT2D eigenvalue weighted by Crippen LogP contribution is 2.15. The van der Waals surface area contributed by atoms with E-state index in [0.29, 0.717) is 0 Å². The number of nitrogens with zero attached hydrogens (tertiary/aromatic N) is 1. The summed E-state index contributed by atoms with van der Waals surface area (Å²) in [6.45, 7) is 6.05. The van der Waals surface area contributed by atoms with Gasteiger partial charge in [-0.3, -0.25) is 4.79 Å². The van der Waals surface area contributed by atoms with Gasteiger partial charge in [-0.2, -0.15) is 0 Å². The van der Waals surface area contributed by atoms with Gasteiger partial charge in [0, 0.05) is 14.1 Å².